The van der Waals surface area contributed by atoms with Gasteiger partial charge in [-0.25, -0.2) is 28.8 Å². The van der Waals surface area contributed by atoms with E-state index in [1.165, 1.54) is 0 Å². The molecule has 14 aliphatic rings. The molecule has 113 heavy (non-hydrogen) atoms. The summed E-state index contributed by atoms with van der Waals surface area (Å²) in [6, 6.07) is 0. The summed E-state index contributed by atoms with van der Waals surface area (Å²) >= 11 is 0. The Kier molecular flexibility index (Phi) is 44.5. The predicted octanol–water partition coefficient (Wildman–Crippen LogP) is 10.3. The number of epoxide rings is 7. The Bertz CT molecular complexity index is 2850. The summed E-state index contributed by atoms with van der Waals surface area (Å²) in [7, 11) is 0. The molecule has 0 bridgehead atoms. The van der Waals surface area contributed by atoms with Gasteiger partial charge in [-0.1, -0.05) is 89.1 Å². The van der Waals surface area contributed by atoms with Crippen LogP contribution >= 0.6 is 0 Å². The number of hydrogen-bond acceptors (Lipinski definition) is 31. The molecular formula is C82H140O31. The third kappa shape index (κ3) is 31.4. The highest BCUT2D eigenvalue weighted by Gasteiger charge is 2.55. The van der Waals surface area contributed by atoms with E-state index in [9.17, 15) is 57.5 Å². The highest BCUT2D eigenvalue weighted by molar-refractivity contribution is 5.91. The van der Waals surface area contributed by atoms with Gasteiger partial charge in [0.15, 0.2) is 39.6 Å². The first-order chi connectivity index (χ1) is 48.8. The van der Waals surface area contributed by atoms with Crippen LogP contribution in [-0.2, 0) is 148 Å². The lowest BCUT2D eigenvalue weighted by atomic mass is 9.79. The van der Waals surface area contributed by atoms with Crippen LogP contribution in [-0.4, -0.2) is 236 Å². The molecule has 0 N–H and O–H groups in total. The van der Waals surface area contributed by atoms with Crippen LogP contribution in [0.4, 0.5) is 0 Å². The van der Waals surface area contributed by atoms with E-state index < -0.39 is 148 Å². The third-order valence-electron chi connectivity index (χ3n) is 22.2. The average Bonchev–Trinajstić information content (AvgIpc) is 1.62. The van der Waals surface area contributed by atoms with E-state index in [-0.39, 0.29) is 225 Å². The molecule has 0 spiro atoms. The quantitative estimate of drug-likeness (QED) is 0.0335. The molecule has 0 aromatic heterocycles. The topological polar surface area (TPSA) is 403 Å². The summed E-state index contributed by atoms with van der Waals surface area (Å²) in [4.78, 5) is 154. The van der Waals surface area contributed by atoms with Gasteiger partial charge >= 0.3 is 71.6 Å². The van der Waals surface area contributed by atoms with Gasteiger partial charge in [0.2, 0.25) is 0 Å². The van der Waals surface area contributed by atoms with E-state index >= 15 is 0 Å². The molecule has 0 amide bonds. The normalized spacial score (nSPS) is 32.2. The molecule has 24 atom stereocenters. The fraction of sp³-hybridized carbons (Fsp3) is 0.854. The summed E-state index contributed by atoms with van der Waals surface area (Å²) in [5.41, 5.74) is 0. The zero-order chi connectivity index (χ0) is 70.3. The first kappa shape index (κ1) is 104. The Morgan fingerprint density at radius 2 is 0.398 bits per heavy atom. The molecular weight excluding hydrogens is 1480 g/mol. The summed E-state index contributed by atoms with van der Waals surface area (Å²) in [6.07, 6.45) is 16.7. The van der Waals surface area contributed by atoms with Gasteiger partial charge in [-0.2, -0.15) is 0 Å². The Hall–Kier alpha value is -6.64. The molecule has 24 unspecified atom stereocenters. The summed E-state index contributed by atoms with van der Waals surface area (Å²) < 4.78 is 102. The second-order valence-corrected chi connectivity index (χ2v) is 29.7. The number of esters is 12. The molecule has 7 heterocycles. The standard InChI is InChI=1S/C44H58O20.C26H34O11.12CH4/c45-37(57-19-39(47)53-15-23-1-5-29-33(9-23)61-29)13-27(43(51)59-21-41(49)55-17-25-3-7-31-35(11-25)63-31)28(44(52)60-22-42(50)56-18-26-4-8-32-36(12-26)64-32)14-38(46)58-20-40(48)54-16-24-2-6-30-34(10-24)62-30;27-23(31-9-13-1-3-17-19(5-13)35-17)11-33-25(29)15-7-21-22(37-21)8-16(15)26(30)34-12-24(28)32-10-14-2-4-18-20(6-14)36-18;;;;;;;;;;;;/h23-36H,1-22H2;13-22H,1-12H2;12*1H4. The van der Waals surface area contributed by atoms with Gasteiger partial charge in [-0.3, -0.25) is 28.8 Å². The molecule has 14 rings (SSSR count). The minimum atomic E-state index is -1.89. The molecule has 14 fully saturated rings. The molecule has 0 aromatic rings. The van der Waals surface area contributed by atoms with Crippen molar-refractivity contribution in [2.45, 2.75) is 316 Å². The van der Waals surface area contributed by atoms with Gasteiger partial charge < -0.3 is 90.0 Å². The van der Waals surface area contributed by atoms with Crippen LogP contribution in [0.1, 0.15) is 230 Å². The molecule has 0 radical (unpaired) electrons. The fourth-order valence-corrected chi connectivity index (χ4v) is 15.8. The van der Waals surface area contributed by atoms with Crippen LogP contribution < -0.4 is 0 Å². The maximum Gasteiger partial charge on any atom is 0.344 e. The van der Waals surface area contributed by atoms with E-state index in [1.807, 2.05) is 0 Å². The van der Waals surface area contributed by atoms with E-state index in [1.54, 1.807) is 0 Å². The second-order valence-electron chi connectivity index (χ2n) is 29.7. The lowest BCUT2D eigenvalue weighted by molar-refractivity contribution is -0.174. The summed E-state index contributed by atoms with van der Waals surface area (Å²) in [5, 5.41) is 0. The molecule has 7 aliphatic carbocycles. The Balaban J connectivity index is 0.00000113. The number of carbonyl (C=O) groups is 12. The van der Waals surface area contributed by atoms with E-state index in [0.29, 0.717) is 37.3 Å². The zero-order valence-electron chi connectivity index (χ0n) is 56.6. The van der Waals surface area contributed by atoms with Crippen molar-refractivity contribution in [1.29, 1.82) is 0 Å². The van der Waals surface area contributed by atoms with Crippen molar-refractivity contribution in [1.82, 2.24) is 0 Å². The second kappa shape index (κ2) is 48.2. The van der Waals surface area contributed by atoms with Gasteiger partial charge in [-0.15, -0.1) is 0 Å². The number of ether oxygens (including phenoxy) is 19. The van der Waals surface area contributed by atoms with Crippen LogP contribution in [0.25, 0.3) is 0 Å². The van der Waals surface area contributed by atoms with Gasteiger partial charge in [0, 0.05) is 0 Å². The molecule has 7 saturated carbocycles. The predicted molar refractivity (Wildman–Crippen MR) is 409 cm³/mol. The first-order valence-electron chi connectivity index (χ1n) is 36.3. The van der Waals surface area contributed by atoms with Crippen LogP contribution in [0.2, 0.25) is 0 Å². The average molecular weight is 1620 g/mol. The summed E-state index contributed by atoms with van der Waals surface area (Å²) in [6.45, 7) is -3.61. The lowest BCUT2D eigenvalue weighted by Gasteiger charge is -2.26. The zero-order valence-corrected chi connectivity index (χ0v) is 56.6. The van der Waals surface area contributed by atoms with Gasteiger partial charge in [0.1, 0.15) is 0 Å². The SMILES string of the molecule is C.C.C.C.C.C.C.C.C.C.C.C.O=C(COC(=O)C1CC2OC2CC1C(=O)OCC(=O)OCC1CCC2OC2C1)OCC1CCC2OC2C1.O=C(COC(=O)CC(C(=O)OCC(=O)OCC1CCC2OC2C1)C(CC(=O)OCC(=O)OCC1CCC2OC2C1)C(=O)OCC(=O)OCC1CCC2OC2C1)OCC1CCC2OC2C1. The van der Waals surface area contributed by atoms with E-state index in [2.05, 4.69) is 0 Å². The molecule has 7 aliphatic heterocycles. The lowest BCUT2D eigenvalue weighted by Crippen LogP contribution is -2.39. The smallest absolute Gasteiger partial charge is 0.344 e. The van der Waals surface area contributed by atoms with Crippen molar-refractivity contribution in [2.24, 2.45) is 59.2 Å². The van der Waals surface area contributed by atoms with Crippen molar-refractivity contribution in [3.05, 3.63) is 0 Å². The van der Waals surface area contributed by atoms with Crippen LogP contribution in [0.5, 0.6) is 0 Å². The fourth-order valence-electron chi connectivity index (χ4n) is 15.8. The first-order valence-corrected chi connectivity index (χ1v) is 36.3. The molecule has 7 saturated heterocycles. The highest BCUT2D eigenvalue weighted by Crippen LogP contribution is 2.46. The minimum absolute atomic E-state index is 0. The van der Waals surface area contributed by atoms with Crippen molar-refractivity contribution >= 4 is 71.6 Å². The van der Waals surface area contributed by atoms with Crippen molar-refractivity contribution < 1.29 is 148 Å². The van der Waals surface area contributed by atoms with E-state index in [4.69, 9.17) is 90.0 Å². The van der Waals surface area contributed by atoms with Crippen molar-refractivity contribution in [3.8, 4) is 0 Å². The highest BCUT2D eigenvalue weighted by atomic mass is 16.6. The maximum atomic E-state index is 13.8. The van der Waals surface area contributed by atoms with Gasteiger partial charge in [0.05, 0.1) is 162 Å². The van der Waals surface area contributed by atoms with Crippen LogP contribution in [0.3, 0.4) is 0 Å². The molecule has 0 aromatic carbocycles. The minimum Gasteiger partial charge on any atom is -0.463 e. The molecule has 654 valence electrons. The van der Waals surface area contributed by atoms with Gasteiger partial charge in [-0.05, 0) is 164 Å². The number of rotatable bonds is 33. The Morgan fingerprint density at radius 3 is 0.611 bits per heavy atom. The number of fused-ring (bicyclic) bond motifs is 7. The maximum absolute atomic E-state index is 13.8. The molecule has 31 heteroatoms. The van der Waals surface area contributed by atoms with Crippen molar-refractivity contribution in [3.63, 3.8) is 0 Å². The number of hydrogen-bond donors (Lipinski definition) is 0. The monoisotopic (exact) mass is 1620 g/mol. The van der Waals surface area contributed by atoms with Gasteiger partial charge in [0.25, 0.3) is 0 Å². The largest absolute Gasteiger partial charge is 0.463 e. The van der Waals surface area contributed by atoms with Crippen LogP contribution in [0, 0.1) is 59.2 Å². The van der Waals surface area contributed by atoms with Crippen LogP contribution in [0.15, 0.2) is 0 Å². The Morgan fingerprint density at radius 1 is 0.212 bits per heavy atom. The number of carbonyl (C=O) groups excluding carboxylic acids is 12. The Labute approximate surface area is 670 Å². The molecule has 31 nitrogen and oxygen atoms in total. The summed E-state index contributed by atoms with van der Waals surface area (Å²) in [5.74, 6) is -15.6. The van der Waals surface area contributed by atoms with E-state index in [0.717, 1.165) is 116 Å². The third-order valence-corrected chi connectivity index (χ3v) is 22.2. The van der Waals surface area contributed by atoms with Crippen molar-refractivity contribution in [2.75, 3.05) is 79.3 Å².